The zero-order chi connectivity index (χ0) is 14.3. The maximum Gasteiger partial charge on any atom is 0.194 e. The molecule has 3 rings (SSSR count). The van der Waals surface area contributed by atoms with Crippen LogP contribution in [0.5, 0.6) is 5.75 Å². The van der Waals surface area contributed by atoms with E-state index in [0.29, 0.717) is 12.0 Å². The Bertz CT molecular complexity index is 649. The summed E-state index contributed by atoms with van der Waals surface area (Å²) in [5.41, 5.74) is 2.27. The van der Waals surface area contributed by atoms with Crippen LogP contribution in [0, 0.1) is 17.5 Å². The first-order valence-electron chi connectivity index (χ1n) is 6.16. The maximum absolute atomic E-state index is 13.3. The molecule has 1 heterocycles. The van der Waals surface area contributed by atoms with Crippen LogP contribution in [0.15, 0.2) is 30.3 Å². The van der Waals surface area contributed by atoms with Gasteiger partial charge < -0.3 is 10.1 Å². The van der Waals surface area contributed by atoms with E-state index in [1.54, 1.807) is 13.2 Å². The quantitative estimate of drug-likeness (QED) is 0.844. The lowest BCUT2D eigenvalue weighted by Crippen LogP contribution is -2.07. The molecule has 104 valence electrons. The van der Waals surface area contributed by atoms with Crippen LogP contribution < -0.4 is 10.1 Å². The third kappa shape index (κ3) is 2.09. The Kier molecular flexibility index (Phi) is 3.04. The molecule has 0 saturated carbocycles. The molecule has 0 radical (unpaired) electrons. The second-order valence-corrected chi connectivity index (χ2v) is 4.72. The minimum absolute atomic E-state index is 0.276. The van der Waals surface area contributed by atoms with Gasteiger partial charge in [0.25, 0.3) is 0 Å². The Morgan fingerprint density at radius 1 is 1.10 bits per heavy atom. The number of benzene rings is 2. The summed E-state index contributed by atoms with van der Waals surface area (Å²) in [6, 6.07) is 7.31. The topological polar surface area (TPSA) is 21.3 Å². The summed E-state index contributed by atoms with van der Waals surface area (Å²) in [4.78, 5) is 0. The van der Waals surface area contributed by atoms with Gasteiger partial charge in [0.2, 0.25) is 0 Å². The number of rotatable bonds is 2. The summed E-state index contributed by atoms with van der Waals surface area (Å²) in [5, 5.41) is 3.16. The minimum atomic E-state index is -1.44. The molecule has 2 nitrogen and oxygen atoms in total. The van der Waals surface area contributed by atoms with Crippen molar-refractivity contribution in [2.45, 2.75) is 12.5 Å². The highest BCUT2D eigenvalue weighted by Gasteiger charge is 2.24. The first-order valence-corrected chi connectivity index (χ1v) is 6.16. The van der Waals surface area contributed by atoms with E-state index in [9.17, 15) is 13.2 Å². The van der Waals surface area contributed by atoms with Gasteiger partial charge in [-0.1, -0.05) is 0 Å². The smallest absolute Gasteiger partial charge is 0.194 e. The van der Waals surface area contributed by atoms with E-state index in [0.717, 1.165) is 29.1 Å². The molecular formula is C15H12F3NO. The van der Waals surface area contributed by atoms with Crippen LogP contribution in [0.1, 0.15) is 17.2 Å². The van der Waals surface area contributed by atoms with Gasteiger partial charge in [0, 0.05) is 5.69 Å². The Hall–Kier alpha value is -2.17. The normalized spacial score (nSPS) is 16.7. The van der Waals surface area contributed by atoms with E-state index < -0.39 is 17.5 Å². The zero-order valence-electron chi connectivity index (χ0n) is 10.7. The van der Waals surface area contributed by atoms with Crippen molar-refractivity contribution in [3.63, 3.8) is 0 Å². The second kappa shape index (κ2) is 4.74. The lowest BCUT2D eigenvalue weighted by atomic mass is 10.0. The predicted octanol–water partition coefficient (Wildman–Crippen LogP) is 3.82. The Balaban J connectivity index is 1.92. The van der Waals surface area contributed by atoms with Gasteiger partial charge in [-0.2, -0.15) is 0 Å². The SMILES string of the molecule is COc1ccc2c(c1)CC(c1cc(F)c(F)c(F)c1)N2. The van der Waals surface area contributed by atoms with E-state index in [4.69, 9.17) is 4.74 Å². The van der Waals surface area contributed by atoms with Crippen molar-refractivity contribution >= 4 is 5.69 Å². The first kappa shape index (κ1) is 12.8. The molecule has 1 aliphatic heterocycles. The van der Waals surface area contributed by atoms with Gasteiger partial charge in [-0.3, -0.25) is 0 Å². The summed E-state index contributed by atoms with van der Waals surface area (Å²) in [5.74, 6) is -3.06. The summed E-state index contributed by atoms with van der Waals surface area (Å²) >= 11 is 0. The van der Waals surface area contributed by atoms with Crippen LogP contribution in [-0.2, 0) is 6.42 Å². The number of anilines is 1. The van der Waals surface area contributed by atoms with E-state index in [-0.39, 0.29) is 6.04 Å². The van der Waals surface area contributed by atoms with Gasteiger partial charge in [-0.15, -0.1) is 0 Å². The highest BCUT2D eigenvalue weighted by molar-refractivity contribution is 5.60. The number of halogens is 3. The number of hydrogen-bond acceptors (Lipinski definition) is 2. The van der Waals surface area contributed by atoms with Gasteiger partial charge in [0.1, 0.15) is 5.75 Å². The highest BCUT2D eigenvalue weighted by atomic mass is 19.2. The predicted molar refractivity (Wildman–Crippen MR) is 69.4 cm³/mol. The average Bonchev–Trinajstić information content (AvgIpc) is 2.86. The van der Waals surface area contributed by atoms with Crippen LogP contribution in [0.4, 0.5) is 18.9 Å². The molecule has 2 aromatic carbocycles. The van der Waals surface area contributed by atoms with Gasteiger partial charge in [0.15, 0.2) is 17.5 Å². The Morgan fingerprint density at radius 3 is 2.45 bits per heavy atom. The standard InChI is InChI=1S/C15H12F3NO/c1-20-10-2-3-13-8(4-10)7-14(19-13)9-5-11(16)15(18)12(17)6-9/h2-6,14,19H,7H2,1H3. The van der Waals surface area contributed by atoms with Crippen LogP contribution in [-0.4, -0.2) is 7.11 Å². The van der Waals surface area contributed by atoms with Crippen molar-refractivity contribution in [1.82, 2.24) is 0 Å². The van der Waals surface area contributed by atoms with Crippen molar-refractivity contribution in [2.75, 3.05) is 12.4 Å². The molecule has 0 spiro atoms. The van der Waals surface area contributed by atoms with Gasteiger partial charge >= 0.3 is 0 Å². The molecule has 1 N–H and O–H groups in total. The zero-order valence-corrected chi connectivity index (χ0v) is 10.7. The molecule has 2 aromatic rings. The molecule has 0 amide bonds. The van der Waals surface area contributed by atoms with E-state index >= 15 is 0 Å². The van der Waals surface area contributed by atoms with E-state index in [2.05, 4.69) is 5.32 Å². The number of hydrogen-bond donors (Lipinski definition) is 1. The largest absolute Gasteiger partial charge is 0.497 e. The molecule has 20 heavy (non-hydrogen) atoms. The van der Waals surface area contributed by atoms with Crippen molar-refractivity contribution < 1.29 is 17.9 Å². The first-order chi connectivity index (χ1) is 9.58. The number of ether oxygens (including phenoxy) is 1. The molecule has 5 heteroatoms. The van der Waals surface area contributed by atoms with Gasteiger partial charge in [-0.05, 0) is 47.9 Å². The summed E-state index contributed by atoms with van der Waals surface area (Å²) in [7, 11) is 1.58. The summed E-state index contributed by atoms with van der Waals surface area (Å²) in [6.07, 6.45) is 0.567. The third-order valence-electron chi connectivity index (χ3n) is 3.47. The van der Waals surface area contributed by atoms with Crippen LogP contribution in [0.25, 0.3) is 0 Å². The maximum atomic E-state index is 13.3. The fourth-order valence-electron chi connectivity index (χ4n) is 2.44. The Morgan fingerprint density at radius 2 is 1.80 bits per heavy atom. The summed E-state index contributed by atoms with van der Waals surface area (Å²) < 4.78 is 44.7. The lowest BCUT2D eigenvalue weighted by Gasteiger charge is -2.12. The lowest BCUT2D eigenvalue weighted by molar-refractivity contribution is 0.414. The number of methoxy groups -OCH3 is 1. The molecule has 0 aromatic heterocycles. The number of nitrogens with one attached hydrogen (secondary N) is 1. The molecule has 0 fully saturated rings. The van der Waals surface area contributed by atoms with Gasteiger partial charge in [0.05, 0.1) is 13.2 Å². The second-order valence-electron chi connectivity index (χ2n) is 4.72. The third-order valence-corrected chi connectivity index (χ3v) is 3.47. The molecule has 1 atom stereocenters. The molecule has 0 saturated heterocycles. The van der Waals surface area contributed by atoms with Crippen molar-refractivity contribution in [2.24, 2.45) is 0 Å². The number of fused-ring (bicyclic) bond motifs is 1. The molecule has 1 aliphatic rings. The van der Waals surface area contributed by atoms with Crippen LogP contribution in [0.3, 0.4) is 0 Å². The van der Waals surface area contributed by atoms with Crippen molar-refractivity contribution in [1.29, 1.82) is 0 Å². The van der Waals surface area contributed by atoms with E-state index in [1.165, 1.54) is 0 Å². The molecule has 0 bridgehead atoms. The molecule has 0 aliphatic carbocycles. The average molecular weight is 279 g/mol. The fourth-order valence-corrected chi connectivity index (χ4v) is 2.44. The van der Waals surface area contributed by atoms with Crippen molar-refractivity contribution in [3.05, 3.63) is 58.9 Å². The minimum Gasteiger partial charge on any atom is -0.497 e. The molecular weight excluding hydrogens is 267 g/mol. The molecule has 1 unspecified atom stereocenters. The van der Waals surface area contributed by atoms with Crippen LogP contribution >= 0.6 is 0 Å². The van der Waals surface area contributed by atoms with Crippen molar-refractivity contribution in [3.8, 4) is 5.75 Å². The monoisotopic (exact) mass is 279 g/mol. The highest BCUT2D eigenvalue weighted by Crippen LogP contribution is 2.36. The Labute approximate surface area is 114 Å². The fraction of sp³-hybridized carbons (Fsp3) is 0.200. The summed E-state index contributed by atoms with van der Waals surface area (Å²) in [6.45, 7) is 0. The van der Waals surface area contributed by atoms with E-state index in [1.807, 2.05) is 12.1 Å². The van der Waals surface area contributed by atoms with Crippen LogP contribution in [0.2, 0.25) is 0 Å². The van der Waals surface area contributed by atoms with Gasteiger partial charge in [-0.25, -0.2) is 13.2 Å².